The number of methoxy groups -OCH3 is 1. The third kappa shape index (κ3) is 2.12. The molecule has 4 rings (SSSR count). The SMILES string of the molecule is COC(C)CNC12CC3CC(C)(CC(C)(C3)C1)C2. The summed E-state index contributed by atoms with van der Waals surface area (Å²) in [4.78, 5) is 0. The van der Waals surface area contributed by atoms with Crippen molar-refractivity contribution < 1.29 is 4.74 Å². The van der Waals surface area contributed by atoms with Crippen molar-refractivity contribution in [2.24, 2.45) is 16.7 Å². The third-order valence-corrected chi connectivity index (χ3v) is 5.79. The topological polar surface area (TPSA) is 21.3 Å². The second kappa shape index (κ2) is 3.96. The molecular formula is C16H29NO. The number of hydrogen-bond acceptors (Lipinski definition) is 2. The van der Waals surface area contributed by atoms with Crippen LogP contribution in [0.25, 0.3) is 0 Å². The molecule has 4 aliphatic carbocycles. The van der Waals surface area contributed by atoms with Crippen LogP contribution >= 0.6 is 0 Å². The Balaban J connectivity index is 1.76. The van der Waals surface area contributed by atoms with Crippen LogP contribution in [-0.4, -0.2) is 25.3 Å². The van der Waals surface area contributed by atoms with Crippen LogP contribution in [0.15, 0.2) is 0 Å². The Hall–Kier alpha value is -0.0800. The van der Waals surface area contributed by atoms with Gasteiger partial charge in [-0.05, 0) is 62.2 Å². The van der Waals surface area contributed by atoms with E-state index in [0.29, 0.717) is 22.5 Å². The quantitative estimate of drug-likeness (QED) is 0.827. The van der Waals surface area contributed by atoms with E-state index in [1.165, 1.54) is 38.5 Å². The largest absolute Gasteiger partial charge is 0.380 e. The lowest BCUT2D eigenvalue weighted by Crippen LogP contribution is -2.64. The van der Waals surface area contributed by atoms with Crippen LogP contribution < -0.4 is 5.32 Å². The zero-order valence-corrected chi connectivity index (χ0v) is 12.5. The van der Waals surface area contributed by atoms with Crippen LogP contribution in [0.5, 0.6) is 0 Å². The van der Waals surface area contributed by atoms with Gasteiger partial charge in [-0.3, -0.25) is 0 Å². The average Bonchev–Trinajstić information content (AvgIpc) is 2.21. The summed E-state index contributed by atoms with van der Waals surface area (Å²) >= 11 is 0. The van der Waals surface area contributed by atoms with Gasteiger partial charge in [0.1, 0.15) is 0 Å². The second-order valence-corrected chi connectivity index (χ2v) is 8.34. The summed E-state index contributed by atoms with van der Waals surface area (Å²) in [7, 11) is 1.81. The number of rotatable bonds is 4. The van der Waals surface area contributed by atoms with E-state index in [9.17, 15) is 0 Å². The molecule has 3 atom stereocenters. The highest BCUT2D eigenvalue weighted by Crippen LogP contribution is 2.66. The van der Waals surface area contributed by atoms with Gasteiger partial charge in [-0.25, -0.2) is 0 Å². The Morgan fingerprint density at radius 3 is 2.22 bits per heavy atom. The van der Waals surface area contributed by atoms with E-state index in [4.69, 9.17) is 4.74 Å². The van der Waals surface area contributed by atoms with Gasteiger partial charge in [0, 0.05) is 19.2 Å². The summed E-state index contributed by atoms with van der Waals surface area (Å²) in [5.41, 5.74) is 1.64. The van der Waals surface area contributed by atoms with Crippen molar-refractivity contribution in [3.63, 3.8) is 0 Å². The fourth-order valence-electron chi connectivity index (χ4n) is 6.09. The van der Waals surface area contributed by atoms with Crippen LogP contribution in [0.1, 0.15) is 59.3 Å². The molecule has 0 saturated heterocycles. The highest BCUT2D eigenvalue weighted by Gasteiger charge is 2.59. The summed E-state index contributed by atoms with van der Waals surface area (Å²) in [6.45, 7) is 8.24. The molecule has 4 saturated carbocycles. The predicted octanol–water partition coefficient (Wildman–Crippen LogP) is 3.36. The fraction of sp³-hybridized carbons (Fsp3) is 1.00. The van der Waals surface area contributed by atoms with E-state index in [0.717, 1.165) is 12.5 Å². The van der Waals surface area contributed by atoms with Crippen molar-refractivity contribution in [2.45, 2.75) is 70.9 Å². The number of hydrogen-bond donors (Lipinski definition) is 1. The molecular weight excluding hydrogens is 222 g/mol. The molecule has 18 heavy (non-hydrogen) atoms. The van der Waals surface area contributed by atoms with Gasteiger partial charge in [0.2, 0.25) is 0 Å². The first-order chi connectivity index (χ1) is 8.36. The summed E-state index contributed by atoms with van der Waals surface area (Å²) < 4.78 is 5.40. The molecule has 0 aliphatic heterocycles. The molecule has 0 aromatic rings. The molecule has 0 aromatic carbocycles. The highest BCUT2D eigenvalue weighted by molar-refractivity contribution is 5.14. The minimum atomic E-state index is 0.332. The first kappa shape index (κ1) is 12.9. The number of ether oxygens (including phenoxy) is 1. The first-order valence-electron chi connectivity index (χ1n) is 7.64. The van der Waals surface area contributed by atoms with Crippen molar-refractivity contribution in [1.82, 2.24) is 5.32 Å². The average molecular weight is 251 g/mol. The fourth-order valence-corrected chi connectivity index (χ4v) is 6.09. The van der Waals surface area contributed by atoms with E-state index in [2.05, 4.69) is 26.1 Å². The van der Waals surface area contributed by atoms with Crippen LogP contribution in [0.3, 0.4) is 0 Å². The van der Waals surface area contributed by atoms with E-state index < -0.39 is 0 Å². The van der Waals surface area contributed by atoms with Crippen molar-refractivity contribution in [1.29, 1.82) is 0 Å². The van der Waals surface area contributed by atoms with Gasteiger partial charge >= 0.3 is 0 Å². The Morgan fingerprint density at radius 2 is 1.72 bits per heavy atom. The predicted molar refractivity (Wildman–Crippen MR) is 74.6 cm³/mol. The molecule has 3 unspecified atom stereocenters. The summed E-state index contributed by atoms with van der Waals surface area (Å²) in [5.74, 6) is 0.974. The zero-order valence-electron chi connectivity index (χ0n) is 12.5. The third-order valence-electron chi connectivity index (χ3n) is 5.79. The number of nitrogens with one attached hydrogen (secondary N) is 1. The van der Waals surface area contributed by atoms with Gasteiger partial charge in [-0.2, -0.15) is 0 Å². The molecule has 0 heterocycles. The van der Waals surface area contributed by atoms with E-state index >= 15 is 0 Å². The zero-order chi connectivity index (χ0) is 13.0. The normalized spacial score (nSPS) is 51.7. The first-order valence-corrected chi connectivity index (χ1v) is 7.64. The summed E-state index contributed by atoms with van der Waals surface area (Å²) in [6, 6.07) is 0. The molecule has 4 aliphatic rings. The van der Waals surface area contributed by atoms with Gasteiger partial charge in [0.25, 0.3) is 0 Å². The standard InChI is InChI=1S/C16H29NO/c1-12(18-4)8-17-16-7-13-5-14(2,10-16)9-15(3,6-13)11-16/h12-13,17H,5-11H2,1-4H3. The molecule has 2 heteroatoms. The Kier molecular flexibility index (Phi) is 2.84. The molecule has 0 radical (unpaired) electrons. The van der Waals surface area contributed by atoms with Crippen molar-refractivity contribution >= 4 is 0 Å². The Labute approximate surface area is 112 Å². The highest BCUT2D eigenvalue weighted by atomic mass is 16.5. The maximum Gasteiger partial charge on any atom is 0.0667 e. The van der Waals surface area contributed by atoms with Crippen molar-refractivity contribution in [2.75, 3.05) is 13.7 Å². The van der Waals surface area contributed by atoms with Crippen LogP contribution in [-0.2, 0) is 4.74 Å². The lowest BCUT2D eigenvalue weighted by molar-refractivity contribution is -0.119. The van der Waals surface area contributed by atoms with Gasteiger partial charge in [0.05, 0.1) is 6.10 Å². The summed E-state index contributed by atoms with van der Waals surface area (Å²) in [5, 5.41) is 3.90. The molecule has 0 aromatic heterocycles. The second-order valence-electron chi connectivity index (χ2n) is 8.34. The maximum atomic E-state index is 5.40. The molecule has 104 valence electrons. The maximum absolute atomic E-state index is 5.40. The van der Waals surface area contributed by atoms with Gasteiger partial charge < -0.3 is 10.1 Å². The lowest BCUT2D eigenvalue weighted by atomic mass is 9.43. The van der Waals surface area contributed by atoms with Crippen molar-refractivity contribution in [3.8, 4) is 0 Å². The van der Waals surface area contributed by atoms with Crippen molar-refractivity contribution in [3.05, 3.63) is 0 Å². The van der Waals surface area contributed by atoms with E-state index in [1.807, 2.05) is 7.11 Å². The van der Waals surface area contributed by atoms with Crippen LogP contribution in [0.4, 0.5) is 0 Å². The Bertz CT molecular complexity index is 322. The lowest BCUT2D eigenvalue weighted by Gasteiger charge is -2.65. The molecule has 0 spiro atoms. The Morgan fingerprint density at radius 1 is 1.11 bits per heavy atom. The molecule has 0 amide bonds. The molecule has 4 bridgehead atoms. The summed E-state index contributed by atoms with van der Waals surface area (Å²) in [6.07, 6.45) is 8.94. The smallest absolute Gasteiger partial charge is 0.0667 e. The van der Waals surface area contributed by atoms with E-state index in [1.54, 1.807) is 0 Å². The van der Waals surface area contributed by atoms with Gasteiger partial charge in [0.15, 0.2) is 0 Å². The van der Waals surface area contributed by atoms with Gasteiger partial charge in [-0.15, -0.1) is 0 Å². The van der Waals surface area contributed by atoms with Crippen LogP contribution in [0, 0.1) is 16.7 Å². The molecule has 4 fully saturated rings. The minimum Gasteiger partial charge on any atom is -0.380 e. The van der Waals surface area contributed by atoms with E-state index in [-0.39, 0.29) is 0 Å². The monoisotopic (exact) mass is 251 g/mol. The minimum absolute atomic E-state index is 0.332. The molecule has 1 N–H and O–H groups in total. The van der Waals surface area contributed by atoms with Gasteiger partial charge in [-0.1, -0.05) is 13.8 Å². The molecule has 2 nitrogen and oxygen atoms in total. The van der Waals surface area contributed by atoms with Crippen LogP contribution in [0.2, 0.25) is 0 Å².